The van der Waals surface area contributed by atoms with Gasteiger partial charge in [-0.3, -0.25) is 14.4 Å². The predicted octanol–water partition coefficient (Wildman–Crippen LogP) is 0.873. The number of hydrogen-bond acceptors (Lipinski definition) is 3. The van der Waals surface area contributed by atoms with Crippen LogP contribution in [0, 0.1) is 0 Å². The van der Waals surface area contributed by atoms with Crippen LogP contribution in [0.15, 0.2) is 24.3 Å². The Morgan fingerprint density at radius 1 is 1.10 bits per heavy atom. The van der Waals surface area contributed by atoms with Crippen molar-refractivity contribution in [2.24, 2.45) is 0 Å². The third kappa shape index (κ3) is 5.27. The molecule has 1 aromatic carbocycles. The molecular weight excluding hydrogens is 282 g/mol. The van der Waals surface area contributed by atoms with E-state index < -0.39 is 11.8 Å². The lowest BCUT2D eigenvalue weighted by Gasteiger charge is -2.10. The van der Waals surface area contributed by atoms with Crippen LogP contribution in [0.2, 0.25) is 5.02 Å². The summed E-state index contributed by atoms with van der Waals surface area (Å²) in [6, 6.07) is 6.38. The van der Waals surface area contributed by atoms with Gasteiger partial charge in [-0.1, -0.05) is 11.6 Å². The molecule has 0 aliphatic carbocycles. The van der Waals surface area contributed by atoms with Crippen molar-refractivity contribution in [1.82, 2.24) is 10.2 Å². The Labute approximate surface area is 122 Å². The molecule has 0 spiro atoms. The molecule has 0 aliphatic heterocycles. The summed E-state index contributed by atoms with van der Waals surface area (Å²) >= 11 is 5.71. The largest absolute Gasteiger partial charge is 0.349 e. The molecule has 7 heteroatoms. The van der Waals surface area contributed by atoms with Crippen molar-refractivity contribution in [2.45, 2.75) is 6.42 Å². The fraction of sp³-hybridized carbons (Fsp3) is 0.308. The Morgan fingerprint density at radius 2 is 1.70 bits per heavy atom. The van der Waals surface area contributed by atoms with Crippen LogP contribution in [0.5, 0.6) is 0 Å². The topological polar surface area (TPSA) is 78.5 Å². The molecule has 0 heterocycles. The maximum absolute atomic E-state index is 11.6. The molecule has 0 aliphatic rings. The number of nitrogens with one attached hydrogen (secondary N) is 2. The van der Waals surface area contributed by atoms with Gasteiger partial charge in [-0.25, -0.2) is 0 Å². The second kappa shape index (κ2) is 7.49. The summed E-state index contributed by atoms with van der Waals surface area (Å²) in [4.78, 5) is 35.7. The number of benzene rings is 1. The monoisotopic (exact) mass is 297 g/mol. The summed E-state index contributed by atoms with van der Waals surface area (Å²) in [7, 11) is 3.24. The standard InChI is InChI=1S/C13H16ClN3O3/c1-17(2)11(18)7-8-15-12(19)13(20)16-10-5-3-9(14)4-6-10/h3-6H,7-8H2,1-2H3,(H,15,19)(H,16,20). The number of carbonyl (C=O) groups is 3. The van der Waals surface area contributed by atoms with Crippen molar-refractivity contribution >= 4 is 35.0 Å². The van der Waals surface area contributed by atoms with E-state index in [1.807, 2.05) is 0 Å². The fourth-order valence-electron chi connectivity index (χ4n) is 1.31. The summed E-state index contributed by atoms with van der Waals surface area (Å²) < 4.78 is 0. The molecule has 0 atom stereocenters. The van der Waals surface area contributed by atoms with Gasteiger partial charge in [0.05, 0.1) is 0 Å². The Bertz CT molecular complexity index is 500. The van der Waals surface area contributed by atoms with Gasteiger partial charge in [0.25, 0.3) is 0 Å². The second-order valence-electron chi connectivity index (χ2n) is 4.26. The highest BCUT2D eigenvalue weighted by Crippen LogP contribution is 2.13. The van der Waals surface area contributed by atoms with Crippen LogP contribution < -0.4 is 10.6 Å². The Hall–Kier alpha value is -2.08. The van der Waals surface area contributed by atoms with Gasteiger partial charge < -0.3 is 15.5 Å². The van der Waals surface area contributed by atoms with Crippen molar-refractivity contribution in [3.8, 4) is 0 Å². The number of hydrogen-bond donors (Lipinski definition) is 2. The van der Waals surface area contributed by atoms with Crippen LogP contribution in [0.1, 0.15) is 6.42 Å². The zero-order valence-electron chi connectivity index (χ0n) is 11.3. The molecule has 3 amide bonds. The van der Waals surface area contributed by atoms with Crippen molar-refractivity contribution in [2.75, 3.05) is 26.0 Å². The van der Waals surface area contributed by atoms with Gasteiger partial charge in [0, 0.05) is 37.8 Å². The molecule has 1 aromatic rings. The predicted molar refractivity (Wildman–Crippen MR) is 76.4 cm³/mol. The minimum atomic E-state index is -0.787. The van der Waals surface area contributed by atoms with E-state index in [-0.39, 0.29) is 18.9 Å². The SMILES string of the molecule is CN(C)C(=O)CCNC(=O)C(=O)Nc1ccc(Cl)cc1. The molecule has 0 unspecified atom stereocenters. The Kier molecular flexibility index (Phi) is 5.99. The highest BCUT2D eigenvalue weighted by atomic mass is 35.5. The van der Waals surface area contributed by atoms with E-state index in [1.165, 1.54) is 4.90 Å². The molecule has 0 saturated carbocycles. The van der Waals surface area contributed by atoms with Crippen LogP contribution in [-0.2, 0) is 14.4 Å². The van der Waals surface area contributed by atoms with Gasteiger partial charge in [0.1, 0.15) is 0 Å². The van der Waals surface area contributed by atoms with E-state index in [4.69, 9.17) is 11.6 Å². The number of rotatable bonds is 4. The summed E-state index contributed by atoms with van der Waals surface area (Å²) in [5, 5.41) is 5.34. The average molecular weight is 298 g/mol. The van der Waals surface area contributed by atoms with E-state index in [1.54, 1.807) is 38.4 Å². The highest BCUT2D eigenvalue weighted by molar-refractivity contribution is 6.39. The van der Waals surface area contributed by atoms with E-state index in [2.05, 4.69) is 10.6 Å². The summed E-state index contributed by atoms with van der Waals surface area (Å²) in [5.74, 6) is -1.69. The summed E-state index contributed by atoms with van der Waals surface area (Å²) in [6.07, 6.45) is 0.146. The maximum atomic E-state index is 11.6. The molecule has 108 valence electrons. The van der Waals surface area contributed by atoms with Gasteiger partial charge >= 0.3 is 11.8 Å². The smallest absolute Gasteiger partial charge is 0.313 e. The van der Waals surface area contributed by atoms with Crippen molar-refractivity contribution < 1.29 is 14.4 Å². The fourth-order valence-corrected chi connectivity index (χ4v) is 1.43. The normalized spacial score (nSPS) is 9.75. The minimum absolute atomic E-state index is 0.115. The Morgan fingerprint density at radius 3 is 2.25 bits per heavy atom. The zero-order valence-corrected chi connectivity index (χ0v) is 12.0. The van der Waals surface area contributed by atoms with Gasteiger partial charge in [0.15, 0.2) is 0 Å². The molecule has 0 aromatic heterocycles. The quantitative estimate of drug-likeness (QED) is 0.810. The summed E-state index contributed by atoms with van der Waals surface area (Å²) in [6.45, 7) is 0.115. The maximum Gasteiger partial charge on any atom is 0.313 e. The van der Waals surface area contributed by atoms with Crippen molar-refractivity contribution in [3.05, 3.63) is 29.3 Å². The van der Waals surface area contributed by atoms with Gasteiger partial charge in [-0.2, -0.15) is 0 Å². The van der Waals surface area contributed by atoms with E-state index >= 15 is 0 Å². The molecular formula is C13H16ClN3O3. The molecule has 20 heavy (non-hydrogen) atoms. The van der Waals surface area contributed by atoms with Crippen LogP contribution in [0.3, 0.4) is 0 Å². The van der Waals surface area contributed by atoms with E-state index in [0.29, 0.717) is 10.7 Å². The van der Waals surface area contributed by atoms with Crippen molar-refractivity contribution in [1.29, 1.82) is 0 Å². The van der Waals surface area contributed by atoms with Crippen LogP contribution in [0.25, 0.3) is 0 Å². The van der Waals surface area contributed by atoms with Gasteiger partial charge in [-0.15, -0.1) is 0 Å². The number of halogens is 1. The minimum Gasteiger partial charge on any atom is -0.349 e. The molecule has 0 bridgehead atoms. The lowest BCUT2D eigenvalue weighted by atomic mass is 10.3. The first-order valence-corrected chi connectivity index (χ1v) is 6.33. The first kappa shape index (κ1) is 16.0. The molecule has 1 rings (SSSR count). The zero-order chi connectivity index (χ0) is 15.1. The summed E-state index contributed by atoms with van der Waals surface area (Å²) in [5.41, 5.74) is 0.471. The lowest BCUT2D eigenvalue weighted by molar-refractivity contribution is -0.136. The van der Waals surface area contributed by atoms with Gasteiger partial charge in [-0.05, 0) is 24.3 Å². The first-order valence-electron chi connectivity index (χ1n) is 5.95. The van der Waals surface area contributed by atoms with Crippen LogP contribution in [0.4, 0.5) is 5.69 Å². The molecule has 6 nitrogen and oxygen atoms in total. The molecule has 2 N–H and O–H groups in total. The molecule has 0 saturated heterocycles. The van der Waals surface area contributed by atoms with E-state index in [9.17, 15) is 14.4 Å². The average Bonchev–Trinajstić information content (AvgIpc) is 2.40. The van der Waals surface area contributed by atoms with Crippen LogP contribution in [-0.4, -0.2) is 43.3 Å². The lowest BCUT2D eigenvalue weighted by Crippen LogP contribution is -2.37. The Balaban J connectivity index is 2.38. The second-order valence-corrected chi connectivity index (χ2v) is 4.69. The third-order valence-corrected chi connectivity index (χ3v) is 2.68. The molecule has 0 fully saturated rings. The highest BCUT2D eigenvalue weighted by Gasteiger charge is 2.14. The van der Waals surface area contributed by atoms with Gasteiger partial charge in [0.2, 0.25) is 5.91 Å². The molecule has 0 radical (unpaired) electrons. The van der Waals surface area contributed by atoms with Crippen LogP contribution >= 0.6 is 11.6 Å². The first-order chi connectivity index (χ1) is 9.40. The number of amides is 3. The number of anilines is 1. The number of carbonyl (C=O) groups excluding carboxylic acids is 3. The van der Waals surface area contributed by atoms with E-state index in [0.717, 1.165) is 0 Å². The third-order valence-electron chi connectivity index (χ3n) is 2.43. The van der Waals surface area contributed by atoms with Crippen molar-refractivity contribution in [3.63, 3.8) is 0 Å². The number of nitrogens with zero attached hydrogens (tertiary/aromatic N) is 1.